The molecule has 3 heterocycles. The van der Waals surface area contributed by atoms with Gasteiger partial charge in [-0.2, -0.15) is 5.10 Å². The molecule has 4 rings (SSSR count). The SMILES string of the molecule is COC(=O)[C@H]1C[C@H]2CN(C(=O)c3cnn(C)c3)CC(=O)N2[C@H]1c1ccccc1. The number of fused-ring (bicyclic) bond motifs is 1. The molecule has 3 atom stereocenters. The van der Waals surface area contributed by atoms with Crippen LogP contribution in [0.25, 0.3) is 0 Å². The van der Waals surface area contributed by atoms with Crippen molar-refractivity contribution in [1.82, 2.24) is 19.6 Å². The van der Waals surface area contributed by atoms with E-state index in [1.165, 1.54) is 13.3 Å². The summed E-state index contributed by atoms with van der Waals surface area (Å²) in [5.74, 6) is -1.16. The Hall–Kier alpha value is -3.16. The monoisotopic (exact) mass is 382 g/mol. The Morgan fingerprint density at radius 3 is 2.61 bits per heavy atom. The van der Waals surface area contributed by atoms with Crippen molar-refractivity contribution in [2.45, 2.75) is 18.5 Å². The summed E-state index contributed by atoms with van der Waals surface area (Å²) in [6.45, 7) is 0.373. The smallest absolute Gasteiger partial charge is 0.311 e. The van der Waals surface area contributed by atoms with E-state index in [9.17, 15) is 14.4 Å². The van der Waals surface area contributed by atoms with Crippen molar-refractivity contribution in [3.05, 3.63) is 53.9 Å². The number of aryl methyl sites for hydroxylation is 1. The van der Waals surface area contributed by atoms with Crippen LogP contribution in [0.1, 0.15) is 28.4 Å². The number of hydrogen-bond acceptors (Lipinski definition) is 5. The molecule has 2 amide bonds. The van der Waals surface area contributed by atoms with Crippen LogP contribution in [0.5, 0.6) is 0 Å². The standard InChI is InChI=1S/C20H22N4O4/c1-22-10-14(9-21-22)19(26)23-11-15-8-16(20(27)28-2)18(24(15)17(25)12-23)13-6-4-3-5-7-13/h3-7,9-10,15-16,18H,8,11-12H2,1-2H3/t15-,16-,18-/m0/s1. The lowest BCUT2D eigenvalue weighted by Crippen LogP contribution is -2.55. The van der Waals surface area contributed by atoms with Gasteiger partial charge in [0.15, 0.2) is 0 Å². The van der Waals surface area contributed by atoms with E-state index in [1.807, 2.05) is 30.3 Å². The first-order valence-electron chi connectivity index (χ1n) is 9.21. The minimum Gasteiger partial charge on any atom is -0.469 e. The third-order valence-electron chi connectivity index (χ3n) is 5.53. The number of esters is 1. The molecule has 1 aromatic carbocycles. The van der Waals surface area contributed by atoms with E-state index in [4.69, 9.17) is 4.74 Å². The second-order valence-electron chi connectivity index (χ2n) is 7.26. The van der Waals surface area contributed by atoms with Gasteiger partial charge in [0, 0.05) is 19.8 Å². The van der Waals surface area contributed by atoms with Crippen LogP contribution in [-0.4, -0.2) is 63.6 Å². The average molecular weight is 382 g/mol. The van der Waals surface area contributed by atoms with Crippen molar-refractivity contribution in [2.24, 2.45) is 13.0 Å². The highest BCUT2D eigenvalue weighted by molar-refractivity contribution is 5.97. The van der Waals surface area contributed by atoms with Gasteiger partial charge in [-0.3, -0.25) is 19.1 Å². The van der Waals surface area contributed by atoms with E-state index in [-0.39, 0.29) is 36.4 Å². The highest BCUT2D eigenvalue weighted by atomic mass is 16.5. The van der Waals surface area contributed by atoms with Gasteiger partial charge in [-0.1, -0.05) is 30.3 Å². The van der Waals surface area contributed by atoms with Crippen LogP contribution in [0.15, 0.2) is 42.7 Å². The highest BCUT2D eigenvalue weighted by Gasteiger charge is 2.51. The van der Waals surface area contributed by atoms with Crippen LogP contribution in [0, 0.1) is 5.92 Å². The maximum absolute atomic E-state index is 13.0. The molecule has 0 spiro atoms. The van der Waals surface area contributed by atoms with Crippen LogP contribution < -0.4 is 0 Å². The first-order valence-corrected chi connectivity index (χ1v) is 9.21. The summed E-state index contributed by atoms with van der Waals surface area (Å²) in [5.41, 5.74) is 1.35. The second kappa shape index (κ2) is 7.10. The predicted octanol–water partition coefficient (Wildman–Crippen LogP) is 1.01. The number of amides is 2. The maximum Gasteiger partial charge on any atom is 0.311 e. The quantitative estimate of drug-likeness (QED) is 0.740. The van der Waals surface area contributed by atoms with Gasteiger partial charge in [0.05, 0.1) is 36.9 Å². The van der Waals surface area contributed by atoms with Crippen molar-refractivity contribution < 1.29 is 19.1 Å². The predicted molar refractivity (Wildman–Crippen MR) is 99.1 cm³/mol. The third-order valence-corrected chi connectivity index (χ3v) is 5.53. The number of ether oxygens (including phenoxy) is 1. The summed E-state index contributed by atoms with van der Waals surface area (Å²) in [7, 11) is 3.10. The van der Waals surface area contributed by atoms with E-state index >= 15 is 0 Å². The number of nitrogens with zero attached hydrogens (tertiary/aromatic N) is 4. The summed E-state index contributed by atoms with van der Waals surface area (Å²) >= 11 is 0. The number of methoxy groups -OCH3 is 1. The molecule has 28 heavy (non-hydrogen) atoms. The molecule has 0 bridgehead atoms. The number of carbonyl (C=O) groups is 3. The lowest BCUT2D eigenvalue weighted by atomic mass is 9.93. The van der Waals surface area contributed by atoms with E-state index in [2.05, 4.69) is 5.10 Å². The Labute approximate surface area is 162 Å². The molecule has 8 nitrogen and oxygen atoms in total. The molecule has 0 saturated carbocycles. The molecule has 8 heteroatoms. The lowest BCUT2D eigenvalue weighted by molar-refractivity contribution is -0.147. The minimum atomic E-state index is -0.449. The fourth-order valence-corrected chi connectivity index (χ4v) is 4.33. The van der Waals surface area contributed by atoms with Crippen LogP contribution in [0.2, 0.25) is 0 Å². The lowest BCUT2D eigenvalue weighted by Gasteiger charge is -2.40. The molecule has 2 aliphatic heterocycles. The summed E-state index contributed by atoms with van der Waals surface area (Å²) in [5, 5.41) is 4.03. The maximum atomic E-state index is 13.0. The molecule has 0 N–H and O–H groups in total. The number of aromatic nitrogens is 2. The molecule has 2 aliphatic rings. The Morgan fingerprint density at radius 1 is 1.21 bits per heavy atom. The highest BCUT2D eigenvalue weighted by Crippen LogP contribution is 2.43. The minimum absolute atomic E-state index is 0.0124. The first kappa shape index (κ1) is 18.2. The molecule has 0 unspecified atom stereocenters. The van der Waals surface area contributed by atoms with Gasteiger partial charge >= 0.3 is 5.97 Å². The van der Waals surface area contributed by atoms with Gasteiger partial charge in [0.25, 0.3) is 5.91 Å². The van der Waals surface area contributed by atoms with Gasteiger partial charge in [0.2, 0.25) is 5.91 Å². The number of carbonyl (C=O) groups excluding carboxylic acids is 3. The van der Waals surface area contributed by atoms with Crippen molar-refractivity contribution in [1.29, 1.82) is 0 Å². The number of rotatable bonds is 3. The zero-order chi connectivity index (χ0) is 19.8. The van der Waals surface area contributed by atoms with Gasteiger partial charge in [-0.15, -0.1) is 0 Å². The molecule has 0 radical (unpaired) electrons. The fraction of sp³-hybridized carbons (Fsp3) is 0.400. The van der Waals surface area contributed by atoms with Crippen molar-refractivity contribution in [3.63, 3.8) is 0 Å². The second-order valence-corrected chi connectivity index (χ2v) is 7.26. The van der Waals surface area contributed by atoms with E-state index in [0.29, 0.717) is 18.5 Å². The van der Waals surface area contributed by atoms with Crippen LogP contribution in [0.3, 0.4) is 0 Å². The van der Waals surface area contributed by atoms with Gasteiger partial charge in [-0.05, 0) is 12.0 Å². The molecular formula is C20H22N4O4. The normalized spacial score (nSPS) is 24.2. The number of piperazine rings is 1. The van der Waals surface area contributed by atoms with E-state index in [1.54, 1.807) is 27.7 Å². The van der Waals surface area contributed by atoms with Gasteiger partial charge < -0.3 is 14.5 Å². The summed E-state index contributed by atoms with van der Waals surface area (Å²) in [4.78, 5) is 41.6. The van der Waals surface area contributed by atoms with Crippen LogP contribution in [-0.2, 0) is 21.4 Å². The summed E-state index contributed by atoms with van der Waals surface area (Å²) in [6.07, 6.45) is 3.60. The molecule has 1 aromatic heterocycles. The fourth-order valence-electron chi connectivity index (χ4n) is 4.33. The van der Waals surface area contributed by atoms with Crippen LogP contribution in [0.4, 0.5) is 0 Å². The summed E-state index contributed by atoms with van der Waals surface area (Å²) < 4.78 is 6.56. The molecule has 2 aromatic rings. The van der Waals surface area contributed by atoms with Crippen LogP contribution >= 0.6 is 0 Å². The average Bonchev–Trinajstić information content (AvgIpc) is 3.31. The Morgan fingerprint density at radius 2 is 1.96 bits per heavy atom. The van der Waals surface area contributed by atoms with E-state index < -0.39 is 5.92 Å². The molecular weight excluding hydrogens is 360 g/mol. The van der Waals surface area contributed by atoms with Crippen molar-refractivity contribution >= 4 is 17.8 Å². The molecule has 2 fully saturated rings. The molecule has 0 aliphatic carbocycles. The summed E-state index contributed by atoms with van der Waals surface area (Å²) in [6, 6.07) is 8.92. The van der Waals surface area contributed by atoms with Crippen molar-refractivity contribution in [2.75, 3.05) is 20.2 Å². The topological polar surface area (TPSA) is 84.7 Å². The van der Waals surface area contributed by atoms with Crippen molar-refractivity contribution in [3.8, 4) is 0 Å². The van der Waals surface area contributed by atoms with E-state index in [0.717, 1.165) is 5.56 Å². The Kier molecular flexibility index (Phi) is 4.62. The zero-order valence-corrected chi connectivity index (χ0v) is 15.8. The van der Waals surface area contributed by atoms with Gasteiger partial charge in [-0.25, -0.2) is 0 Å². The number of hydrogen-bond donors (Lipinski definition) is 0. The largest absolute Gasteiger partial charge is 0.469 e. The molecule has 2 saturated heterocycles. The van der Waals surface area contributed by atoms with Gasteiger partial charge in [0.1, 0.15) is 6.54 Å². The Balaban J connectivity index is 1.62. The zero-order valence-electron chi connectivity index (χ0n) is 15.8. The third kappa shape index (κ3) is 3.04. The Bertz CT molecular complexity index is 910. The first-order chi connectivity index (χ1) is 13.5. The molecule has 146 valence electrons. The number of benzene rings is 1.